The molecule has 3 rings (SSSR count). The summed E-state index contributed by atoms with van der Waals surface area (Å²) >= 11 is 0. The van der Waals surface area contributed by atoms with E-state index in [0.29, 0.717) is 28.5 Å². The largest absolute Gasteiger partial charge is 0.497 e. The van der Waals surface area contributed by atoms with Crippen molar-refractivity contribution < 1.29 is 19.0 Å². The van der Waals surface area contributed by atoms with Crippen LogP contribution in [0.5, 0.6) is 17.2 Å². The summed E-state index contributed by atoms with van der Waals surface area (Å²) in [5, 5.41) is 5.94. The molecule has 31 heavy (non-hydrogen) atoms. The van der Waals surface area contributed by atoms with Crippen LogP contribution in [-0.4, -0.2) is 38.2 Å². The van der Waals surface area contributed by atoms with Gasteiger partial charge in [-0.25, -0.2) is 4.99 Å². The van der Waals surface area contributed by atoms with Crippen molar-refractivity contribution in [3.05, 3.63) is 78.1 Å². The highest BCUT2D eigenvalue weighted by molar-refractivity contribution is 6.10. The Morgan fingerprint density at radius 3 is 2.48 bits per heavy atom. The fourth-order valence-electron chi connectivity index (χ4n) is 2.76. The fraction of sp³-hybridized carbons (Fsp3) is 0.174. The number of nitrogens with one attached hydrogen (secondary N) is 2. The summed E-state index contributed by atoms with van der Waals surface area (Å²) in [6.45, 7) is 0.287. The molecule has 0 radical (unpaired) electrons. The Bertz CT molecular complexity index is 1050. The molecular weight excluding hydrogens is 396 g/mol. The van der Waals surface area contributed by atoms with E-state index >= 15 is 0 Å². The molecule has 3 aromatic rings. The van der Waals surface area contributed by atoms with Crippen molar-refractivity contribution in [1.82, 2.24) is 10.3 Å². The van der Waals surface area contributed by atoms with E-state index in [1.165, 1.54) is 0 Å². The fourth-order valence-corrected chi connectivity index (χ4v) is 2.76. The van der Waals surface area contributed by atoms with Crippen molar-refractivity contribution in [2.24, 2.45) is 4.99 Å². The molecular formula is C23H24N4O4. The first kappa shape index (κ1) is 21.6. The van der Waals surface area contributed by atoms with Crippen LogP contribution in [0, 0.1) is 0 Å². The van der Waals surface area contributed by atoms with Crippen LogP contribution in [0.2, 0.25) is 0 Å². The van der Waals surface area contributed by atoms with Crippen LogP contribution in [0.25, 0.3) is 0 Å². The minimum atomic E-state index is -0.327. The van der Waals surface area contributed by atoms with Gasteiger partial charge in [0.05, 0.1) is 33.6 Å². The molecule has 160 valence electrons. The second-order valence-corrected chi connectivity index (χ2v) is 6.37. The van der Waals surface area contributed by atoms with E-state index in [0.717, 1.165) is 5.69 Å². The molecule has 0 atom stereocenters. The summed E-state index contributed by atoms with van der Waals surface area (Å²) in [7, 11) is 4.68. The average molecular weight is 420 g/mol. The van der Waals surface area contributed by atoms with E-state index in [4.69, 9.17) is 14.2 Å². The van der Waals surface area contributed by atoms with Gasteiger partial charge in [0.2, 0.25) is 5.96 Å². The predicted octanol–water partition coefficient (Wildman–Crippen LogP) is 3.51. The number of rotatable bonds is 7. The van der Waals surface area contributed by atoms with E-state index in [2.05, 4.69) is 20.6 Å². The zero-order valence-corrected chi connectivity index (χ0v) is 17.6. The quantitative estimate of drug-likeness (QED) is 0.449. The number of carbonyl (C=O) groups is 1. The third kappa shape index (κ3) is 5.96. The van der Waals surface area contributed by atoms with Gasteiger partial charge >= 0.3 is 0 Å². The van der Waals surface area contributed by atoms with E-state index in [1.807, 2.05) is 18.2 Å². The maximum absolute atomic E-state index is 12.8. The number of benzene rings is 2. The van der Waals surface area contributed by atoms with E-state index in [1.54, 1.807) is 70.0 Å². The number of anilines is 1. The van der Waals surface area contributed by atoms with Gasteiger partial charge in [0.1, 0.15) is 5.75 Å². The number of hydrogen-bond acceptors (Lipinski definition) is 6. The molecule has 0 unspecified atom stereocenters. The molecule has 0 aliphatic heterocycles. The summed E-state index contributed by atoms with van der Waals surface area (Å²) < 4.78 is 15.8. The number of ether oxygens (including phenoxy) is 3. The van der Waals surface area contributed by atoms with Crippen LogP contribution in [-0.2, 0) is 6.54 Å². The molecule has 1 amide bonds. The summed E-state index contributed by atoms with van der Waals surface area (Å²) in [6, 6.07) is 17.8. The minimum absolute atomic E-state index is 0.269. The monoisotopic (exact) mass is 420 g/mol. The Morgan fingerprint density at radius 1 is 0.935 bits per heavy atom. The van der Waals surface area contributed by atoms with Gasteiger partial charge in [-0.05, 0) is 42.5 Å². The van der Waals surface area contributed by atoms with Gasteiger partial charge in [0.25, 0.3) is 5.91 Å². The van der Waals surface area contributed by atoms with Gasteiger partial charge < -0.3 is 19.5 Å². The first-order valence-corrected chi connectivity index (χ1v) is 9.51. The lowest BCUT2D eigenvalue weighted by atomic mass is 10.2. The van der Waals surface area contributed by atoms with Gasteiger partial charge in [-0.15, -0.1) is 0 Å². The van der Waals surface area contributed by atoms with Crippen LogP contribution in [0.1, 0.15) is 16.1 Å². The highest BCUT2D eigenvalue weighted by Crippen LogP contribution is 2.29. The molecule has 2 aromatic carbocycles. The number of hydrogen-bond donors (Lipinski definition) is 2. The van der Waals surface area contributed by atoms with E-state index in [9.17, 15) is 4.79 Å². The number of nitrogens with zero attached hydrogens (tertiary/aromatic N) is 2. The Labute approximate surface area is 180 Å². The number of carbonyl (C=O) groups excluding carboxylic acids is 1. The standard InChI is InChI=1S/C23H24N4O4/c1-29-19-9-6-7-16(13-19)22(28)27-23(25-15-18-8-4-5-12-24-18)26-17-10-11-20(30-2)21(14-17)31-3/h4-14H,15H2,1-3H3,(H2,25,26,27,28). The lowest BCUT2D eigenvalue weighted by Crippen LogP contribution is -2.36. The summed E-state index contributed by atoms with van der Waals surface area (Å²) in [5.74, 6) is 1.68. The van der Waals surface area contributed by atoms with Gasteiger partial charge in [0.15, 0.2) is 11.5 Å². The number of amides is 1. The normalized spacial score (nSPS) is 10.9. The van der Waals surface area contributed by atoms with Crippen LogP contribution >= 0.6 is 0 Å². The molecule has 8 nitrogen and oxygen atoms in total. The van der Waals surface area contributed by atoms with Crippen molar-refractivity contribution in [2.75, 3.05) is 26.6 Å². The topological polar surface area (TPSA) is 94.1 Å². The maximum Gasteiger partial charge on any atom is 0.258 e. The minimum Gasteiger partial charge on any atom is -0.497 e. The molecule has 0 bridgehead atoms. The first-order valence-electron chi connectivity index (χ1n) is 9.51. The number of aromatic nitrogens is 1. The molecule has 0 aliphatic carbocycles. The second kappa shape index (κ2) is 10.6. The zero-order valence-electron chi connectivity index (χ0n) is 17.6. The van der Waals surface area contributed by atoms with Crippen molar-refractivity contribution in [2.45, 2.75) is 6.54 Å². The molecule has 8 heteroatoms. The van der Waals surface area contributed by atoms with Crippen molar-refractivity contribution in [1.29, 1.82) is 0 Å². The average Bonchev–Trinajstić information content (AvgIpc) is 2.83. The molecule has 0 saturated heterocycles. The molecule has 0 saturated carbocycles. The van der Waals surface area contributed by atoms with Crippen LogP contribution < -0.4 is 24.8 Å². The molecule has 1 heterocycles. The SMILES string of the molecule is COc1cccc(C(=O)NC(=NCc2ccccn2)Nc2ccc(OC)c(OC)c2)c1. The highest BCUT2D eigenvalue weighted by atomic mass is 16.5. The third-order valence-corrected chi connectivity index (χ3v) is 4.34. The lowest BCUT2D eigenvalue weighted by Gasteiger charge is -2.14. The summed E-state index contributed by atoms with van der Waals surface area (Å²) in [5.41, 5.74) is 1.88. The van der Waals surface area contributed by atoms with E-state index < -0.39 is 0 Å². The van der Waals surface area contributed by atoms with Crippen molar-refractivity contribution >= 4 is 17.6 Å². The summed E-state index contributed by atoms with van der Waals surface area (Å²) in [4.78, 5) is 21.6. The third-order valence-electron chi connectivity index (χ3n) is 4.34. The highest BCUT2D eigenvalue weighted by Gasteiger charge is 2.12. The number of guanidine groups is 1. The Hall–Kier alpha value is -4.07. The van der Waals surface area contributed by atoms with Gasteiger partial charge in [-0.3, -0.25) is 15.1 Å². The molecule has 0 fully saturated rings. The second-order valence-electron chi connectivity index (χ2n) is 6.37. The molecule has 0 aliphatic rings. The molecule has 2 N–H and O–H groups in total. The van der Waals surface area contributed by atoms with Gasteiger partial charge in [-0.2, -0.15) is 0 Å². The lowest BCUT2D eigenvalue weighted by molar-refractivity contribution is 0.0976. The maximum atomic E-state index is 12.8. The summed E-state index contributed by atoms with van der Waals surface area (Å²) in [6.07, 6.45) is 1.70. The molecule has 1 aromatic heterocycles. The van der Waals surface area contributed by atoms with E-state index in [-0.39, 0.29) is 18.4 Å². The Kier molecular flexibility index (Phi) is 7.42. The predicted molar refractivity (Wildman–Crippen MR) is 119 cm³/mol. The van der Waals surface area contributed by atoms with Crippen LogP contribution in [0.4, 0.5) is 5.69 Å². The zero-order chi connectivity index (χ0) is 22.1. The van der Waals surface area contributed by atoms with Crippen LogP contribution in [0.15, 0.2) is 71.9 Å². The van der Waals surface area contributed by atoms with Crippen LogP contribution in [0.3, 0.4) is 0 Å². The number of aliphatic imine (C=N–C) groups is 1. The van der Waals surface area contributed by atoms with Crippen molar-refractivity contribution in [3.8, 4) is 17.2 Å². The molecule has 0 spiro atoms. The van der Waals surface area contributed by atoms with Crippen molar-refractivity contribution in [3.63, 3.8) is 0 Å². The Morgan fingerprint density at radius 2 is 1.77 bits per heavy atom. The first-order chi connectivity index (χ1) is 15.1. The number of methoxy groups -OCH3 is 3. The van der Waals surface area contributed by atoms with Gasteiger partial charge in [-0.1, -0.05) is 12.1 Å². The number of pyridine rings is 1. The Balaban J connectivity index is 1.84. The smallest absolute Gasteiger partial charge is 0.258 e. The van der Waals surface area contributed by atoms with Gasteiger partial charge in [0, 0.05) is 23.5 Å².